The van der Waals surface area contributed by atoms with E-state index in [9.17, 15) is 17.6 Å². The molecule has 0 fully saturated rings. The Balaban J connectivity index is 2.30. The number of nitrogens with zero attached hydrogens (tertiary/aromatic N) is 2. The van der Waals surface area contributed by atoms with Crippen LogP contribution >= 0.6 is 0 Å². The highest BCUT2D eigenvalue weighted by Gasteiger charge is 2.24. The Labute approximate surface area is 160 Å². The number of rotatable bonds is 7. The molecule has 0 heterocycles. The third-order valence-electron chi connectivity index (χ3n) is 4.42. The highest BCUT2D eigenvalue weighted by Crippen LogP contribution is 2.19. The minimum absolute atomic E-state index is 0.0753. The molecule has 0 spiro atoms. The highest BCUT2D eigenvalue weighted by molar-refractivity contribution is 7.89. The topological polar surface area (TPSA) is 57.7 Å². The molecule has 27 heavy (non-hydrogen) atoms. The van der Waals surface area contributed by atoms with Crippen molar-refractivity contribution in [1.29, 1.82) is 0 Å². The van der Waals surface area contributed by atoms with Gasteiger partial charge in [0.1, 0.15) is 5.82 Å². The number of hydrogen-bond acceptors (Lipinski definition) is 3. The van der Waals surface area contributed by atoms with Crippen LogP contribution in [0.25, 0.3) is 0 Å². The largest absolute Gasteiger partial charge is 0.335 e. The fraction of sp³-hybridized carbons (Fsp3) is 0.350. The van der Waals surface area contributed by atoms with Gasteiger partial charge >= 0.3 is 0 Å². The van der Waals surface area contributed by atoms with Crippen LogP contribution < -0.4 is 0 Å². The van der Waals surface area contributed by atoms with E-state index < -0.39 is 10.0 Å². The summed E-state index contributed by atoms with van der Waals surface area (Å²) in [7, 11) is -2.17. The van der Waals surface area contributed by atoms with Gasteiger partial charge in [0.2, 0.25) is 10.0 Å². The summed E-state index contributed by atoms with van der Waals surface area (Å²) in [6.07, 6.45) is 0. The Morgan fingerprint density at radius 1 is 1.11 bits per heavy atom. The van der Waals surface area contributed by atoms with Crippen LogP contribution in [0.4, 0.5) is 4.39 Å². The Hall–Kier alpha value is -2.25. The molecule has 0 aromatic heterocycles. The second-order valence-corrected chi connectivity index (χ2v) is 8.59. The summed E-state index contributed by atoms with van der Waals surface area (Å²) in [6, 6.07) is 11.9. The second-order valence-electron chi connectivity index (χ2n) is 6.59. The van der Waals surface area contributed by atoms with Crippen molar-refractivity contribution in [2.45, 2.75) is 38.3 Å². The van der Waals surface area contributed by atoms with Crippen molar-refractivity contribution in [3.63, 3.8) is 0 Å². The van der Waals surface area contributed by atoms with Crippen molar-refractivity contribution in [2.75, 3.05) is 13.6 Å². The number of halogens is 1. The number of benzene rings is 2. The van der Waals surface area contributed by atoms with Crippen LogP contribution in [0.15, 0.2) is 53.4 Å². The molecule has 2 rings (SSSR count). The van der Waals surface area contributed by atoms with E-state index in [1.807, 2.05) is 6.92 Å². The van der Waals surface area contributed by atoms with Gasteiger partial charge < -0.3 is 4.90 Å². The maximum atomic E-state index is 13.4. The summed E-state index contributed by atoms with van der Waals surface area (Å²) in [5.41, 5.74) is 0.958. The first-order chi connectivity index (χ1) is 12.7. The zero-order chi connectivity index (χ0) is 20.2. The quantitative estimate of drug-likeness (QED) is 0.724. The number of carbonyl (C=O) groups is 1. The van der Waals surface area contributed by atoms with E-state index in [1.165, 1.54) is 35.6 Å². The van der Waals surface area contributed by atoms with E-state index in [0.29, 0.717) is 12.1 Å². The van der Waals surface area contributed by atoms with Gasteiger partial charge in [0.15, 0.2) is 0 Å². The highest BCUT2D eigenvalue weighted by atomic mass is 32.2. The predicted molar refractivity (Wildman–Crippen MR) is 103 cm³/mol. The van der Waals surface area contributed by atoms with Gasteiger partial charge in [-0.15, -0.1) is 0 Å². The minimum atomic E-state index is -3.68. The summed E-state index contributed by atoms with van der Waals surface area (Å²) in [5, 5.41) is 0. The van der Waals surface area contributed by atoms with Crippen molar-refractivity contribution < 1.29 is 17.6 Å². The zero-order valence-electron chi connectivity index (χ0n) is 16.0. The second kappa shape index (κ2) is 8.63. The minimum Gasteiger partial charge on any atom is -0.335 e. The third-order valence-corrected chi connectivity index (χ3v) is 6.45. The standard InChI is InChI=1S/C20H25FN2O3S/c1-5-23(14-16-8-6-10-18(21)12-16)20(24)17-9-7-11-19(13-17)27(25,26)22(4)15(2)3/h6-13,15H,5,14H2,1-4H3. The average Bonchev–Trinajstić information content (AvgIpc) is 2.65. The van der Waals surface area contributed by atoms with Crippen LogP contribution in [-0.2, 0) is 16.6 Å². The summed E-state index contributed by atoms with van der Waals surface area (Å²) in [4.78, 5) is 14.5. The fourth-order valence-corrected chi connectivity index (χ4v) is 4.01. The fourth-order valence-electron chi connectivity index (χ4n) is 2.60. The zero-order valence-corrected chi connectivity index (χ0v) is 16.8. The Bertz CT molecular complexity index is 913. The van der Waals surface area contributed by atoms with Crippen molar-refractivity contribution in [2.24, 2.45) is 0 Å². The number of amides is 1. The molecule has 0 N–H and O–H groups in total. The average molecular weight is 392 g/mol. The molecular weight excluding hydrogens is 367 g/mol. The lowest BCUT2D eigenvalue weighted by Gasteiger charge is -2.23. The Morgan fingerprint density at radius 2 is 1.78 bits per heavy atom. The first-order valence-corrected chi connectivity index (χ1v) is 10.2. The van der Waals surface area contributed by atoms with E-state index in [4.69, 9.17) is 0 Å². The molecule has 0 aliphatic carbocycles. The van der Waals surface area contributed by atoms with Crippen LogP contribution in [0.2, 0.25) is 0 Å². The molecule has 7 heteroatoms. The first kappa shape index (κ1) is 21.1. The lowest BCUT2D eigenvalue weighted by atomic mass is 10.1. The van der Waals surface area contributed by atoms with Crippen molar-refractivity contribution in [1.82, 2.24) is 9.21 Å². The summed E-state index contributed by atoms with van der Waals surface area (Å²) in [6.45, 7) is 6.05. The lowest BCUT2D eigenvalue weighted by Crippen LogP contribution is -2.33. The summed E-state index contributed by atoms with van der Waals surface area (Å²) >= 11 is 0. The van der Waals surface area contributed by atoms with E-state index >= 15 is 0 Å². The maximum Gasteiger partial charge on any atom is 0.254 e. The number of hydrogen-bond donors (Lipinski definition) is 0. The first-order valence-electron chi connectivity index (χ1n) is 8.78. The van der Waals surface area contributed by atoms with Crippen molar-refractivity contribution >= 4 is 15.9 Å². The molecule has 0 bridgehead atoms. The van der Waals surface area contributed by atoms with Gasteiger partial charge in [-0.1, -0.05) is 18.2 Å². The van der Waals surface area contributed by atoms with E-state index in [1.54, 1.807) is 43.0 Å². The molecule has 2 aromatic rings. The third kappa shape index (κ3) is 4.93. The molecule has 1 amide bonds. The van der Waals surface area contributed by atoms with Gasteiger partial charge in [0.05, 0.1) is 4.90 Å². The molecular formula is C20H25FN2O3S. The molecule has 146 valence electrons. The monoisotopic (exact) mass is 392 g/mol. The normalized spacial score (nSPS) is 11.8. The Kier molecular flexibility index (Phi) is 6.73. The summed E-state index contributed by atoms with van der Waals surface area (Å²) < 4.78 is 40.0. The molecule has 0 saturated heterocycles. The predicted octanol–water partition coefficient (Wildman–Crippen LogP) is 3.52. The molecule has 0 atom stereocenters. The molecule has 0 aliphatic rings. The summed E-state index contributed by atoms with van der Waals surface area (Å²) in [5.74, 6) is -0.660. The number of carbonyl (C=O) groups excluding carboxylic acids is 1. The molecule has 0 unspecified atom stereocenters. The van der Waals surface area contributed by atoms with Crippen LogP contribution in [0, 0.1) is 5.82 Å². The molecule has 5 nitrogen and oxygen atoms in total. The smallest absolute Gasteiger partial charge is 0.254 e. The lowest BCUT2D eigenvalue weighted by molar-refractivity contribution is 0.0752. The van der Waals surface area contributed by atoms with Crippen LogP contribution in [-0.4, -0.2) is 43.2 Å². The van der Waals surface area contributed by atoms with Crippen molar-refractivity contribution in [3.8, 4) is 0 Å². The molecule has 0 radical (unpaired) electrons. The van der Waals surface area contributed by atoms with Crippen LogP contribution in [0.3, 0.4) is 0 Å². The van der Waals surface area contributed by atoms with E-state index in [2.05, 4.69) is 0 Å². The Morgan fingerprint density at radius 3 is 2.37 bits per heavy atom. The van der Waals surface area contributed by atoms with E-state index in [0.717, 1.165) is 0 Å². The van der Waals surface area contributed by atoms with Gasteiger partial charge in [-0.3, -0.25) is 4.79 Å². The van der Waals surface area contributed by atoms with Gasteiger partial charge in [0, 0.05) is 31.7 Å². The van der Waals surface area contributed by atoms with Crippen LogP contribution in [0.5, 0.6) is 0 Å². The SMILES string of the molecule is CCN(Cc1cccc(F)c1)C(=O)c1cccc(S(=O)(=O)N(C)C(C)C)c1. The van der Waals surface area contributed by atoms with Gasteiger partial charge in [0.25, 0.3) is 5.91 Å². The van der Waals surface area contributed by atoms with Gasteiger partial charge in [-0.05, 0) is 56.7 Å². The molecule has 0 aliphatic heterocycles. The van der Waals surface area contributed by atoms with Gasteiger partial charge in [-0.25, -0.2) is 12.8 Å². The molecule has 2 aromatic carbocycles. The van der Waals surface area contributed by atoms with Crippen molar-refractivity contribution in [3.05, 3.63) is 65.5 Å². The van der Waals surface area contributed by atoms with E-state index in [-0.39, 0.29) is 34.8 Å². The molecule has 0 saturated carbocycles. The van der Waals surface area contributed by atoms with Crippen LogP contribution in [0.1, 0.15) is 36.7 Å². The van der Waals surface area contributed by atoms with Gasteiger partial charge in [-0.2, -0.15) is 4.31 Å². The number of sulfonamides is 1. The maximum absolute atomic E-state index is 13.4.